The monoisotopic (exact) mass is 330 g/mol. The summed E-state index contributed by atoms with van der Waals surface area (Å²) in [4.78, 5) is 16.5. The lowest BCUT2D eigenvalue weighted by Crippen LogP contribution is -2.39. The van der Waals surface area contributed by atoms with Crippen molar-refractivity contribution < 1.29 is 13.6 Å². The molecule has 1 aromatic heterocycles. The van der Waals surface area contributed by atoms with Crippen LogP contribution in [0.4, 0.5) is 14.5 Å². The van der Waals surface area contributed by atoms with Crippen LogP contribution in [0.3, 0.4) is 0 Å². The van der Waals surface area contributed by atoms with Gasteiger partial charge in [0, 0.05) is 30.0 Å². The number of rotatable bonds is 3. The summed E-state index contributed by atoms with van der Waals surface area (Å²) in [5.41, 5.74) is -0.377. The number of anilines is 1. The molecule has 1 amide bonds. The van der Waals surface area contributed by atoms with E-state index < -0.39 is 17.4 Å². The van der Waals surface area contributed by atoms with Gasteiger partial charge in [-0.15, -0.1) is 0 Å². The maximum absolute atomic E-state index is 14.2. The van der Waals surface area contributed by atoms with Crippen LogP contribution in [0.15, 0.2) is 42.7 Å². The molecule has 3 nitrogen and oxygen atoms in total. The Labute approximate surface area is 130 Å². The molecule has 0 fully saturated rings. The molecule has 7 heteroatoms. The standard InChI is InChI=1S/C14H10Cl2F2N2O/c1-20(12-7-10(15)4-5-11(12)16)13(21)14(17,18)9-3-2-6-19-8-9/h2-8H,1H3. The average molecular weight is 331 g/mol. The molecule has 0 spiro atoms. The van der Waals surface area contributed by atoms with E-state index in [0.717, 1.165) is 17.2 Å². The molecule has 1 heterocycles. The van der Waals surface area contributed by atoms with E-state index in [1.54, 1.807) is 0 Å². The Morgan fingerprint density at radius 3 is 2.62 bits per heavy atom. The lowest BCUT2D eigenvalue weighted by molar-refractivity contribution is -0.143. The van der Waals surface area contributed by atoms with Gasteiger partial charge in [0.15, 0.2) is 0 Å². The van der Waals surface area contributed by atoms with Gasteiger partial charge in [0.2, 0.25) is 0 Å². The van der Waals surface area contributed by atoms with Crippen molar-refractivity contribution in [3.05, 3.63) is 58.3 Å². The van der Waals surface area contributed by atoms with Gasteiger partial charge in [-0.05, 0) is 30.3 Å². The molecule has 21 heavy (non-hydrogen) atoms. The Morgan fingerprint density at radius 1 is 1.29 bits per heavy atom. The number of aromatic nitrogens is 1. The fourth-order valence-electron chi connectivity index (χ4n) is 1.73. The average Bonchev–Trinajstić information content (AvgIpc) is 2.49. The molecule has 110 valence electrons. The van der Waals surface area contributed by atoms with Crippen LogP contribution in [0.25, 0.3) is 0 Å². The van der Waals surface area contributed by atoms with Crippen LogP contribution in [0.5, 0.6) is 0 Å². The Morgan fingerprint density at radius 2 is 2.00 bits per heavy atom. The smallest absolute Gasteiger partial charge is 0.308 e. The van der Waals surface area contributed by atoms with Crippen LogP contribution < -0.4 is 4.90 Å². The van der Waals surface area contributed by atoms with E-state index >= 15 is 0 Å². The van der Waals surface area contributed by atoms with Gasteiger partial charge in [0.25, 0.3) is 0 Å². The number of pyridine rings is 1. The quantitative estimate of drug-likeness (QED) is 0.847. The van der Waals surface area contributed by atoms with Crippen LogP contribution in [-0.2, 0) is 10.7 Å². The highest BCUT2D eigenvalue weighted by Crippen LogP contribution is 2.34. The third kappa shape index (κ3) is 3.14. The van der Waals surface area contributed by atoms with E-state index in [-0.39, 0.29) is 10.7 Å². The highest BCUT2D eigenvalue weighted by atomic mass is 35.5. The van der Waals surface area contributed by atoms with Crippen molar-refractivity contribution in [3.8, 4) is 0 Å². The molecule has 1 aromatic carbocycles. The third-order valence-corrected chi connectivity index (χ3v) is 3.42. The first-order valence-corrected chi connectivity index (χ1v) is 6.61. The Balaban J connectivity index is 2.37. The van der Waals surface area contributed by atoms with Crippen LogP contribution in [0, 0.1) is 0 Å². The number of alkyl halides is 2. The van der Waals surface area contributed by atoms with Crippen molar-refractivity contribution >= 4 is 34.8 Å². The van der Waals surface area contributed by atoms with Gasteiger partial charge in [-0.2, -0.15) is 8.78 Å². The van der Waals surface area contributed by atoms with Gasteiger partial charge >= 0.3 is 11.8 Å². The summed E-state index contributed by atoms with van der Waals surface area (Å²) in [6, 6.07) is 6.76. The minimum Gasteiger partial charge on any atom is -0.308 e. The van der Waals surface area contributed by atoms with Gasteiger partial charge in [0.05, 0.1) is 10.7 Å². The van der Waals surface area contributed by atoms with Gasteiger partial charge in [0.1, 0.15) is 0 Å². The van der Waals surface area contributed by atoms with Gasteiger partial charge in [-0.25, -0.2) is 0 Å². The van der Waals surface area contributed by atoms with E-state index in [1.165, 1.54) is 37.5 Å². The number of benzene rings is 1. The topological polar surface area (TPSA) is 33.2 Å². The van der Waals surface area contributed by atoms with E-state index in [4.69, 9.17) is 23.2 Å². The van der Waals surface area contributed by atoms with Crippen LogP contribution in [0.2, 0.25) is 10.0 Å². The summed E-state index contributed by atoms with van der Waals surface area (Å²) in [5, 5.41) is 0.441. The van der Waals surface area contributed by atoms with Crippen LogP contribution in [-0.4, -0.2) is 17.9 Å². The van der Waals surface area contributed by atoms with Crippen molar-refractivity contribution in [1.29, 1.82) is 0 Å². The second-order valence-corrected chi connectivity index (χ2v) is 5.12. The Hall–Kier alpha value is -1.72. The van der Waals surface area contributed by atoms with Crippen molar-refractivity contribution in [1.82, 2.24) is 4.98 Å². The summed E-state index contributed by atoms with van der Waals surface area (Å²) in [5.74, 6) is -5.13. The van der Waals surface area contributed by atoms with Gasteiger partial charge < -0.3 is 4.90 Å². The summed E-state index contributed by atoms with van der Waals surface area (Å²) >= 11 is 11.7. The van der Waals surface area contributed by atoms with Crippen LogP contribution in [0.1, 0.15) is 5.56 Å². The van der Waals surface area contributed by atoms with E-state index in [0.29, 0.717) is 5.02 Å². The number of hydrogen-bond donors (Lipinski definition) is 0. The van der Waals surface area contributed by atoms with Crippen molar-refractivity contribution in [2.45, 2.75) is 5.92 Å². The second-order valence-electron chi connectivity index (χ2n) is 4.28. The maximum atomic E-state index is 14.2. The van der Waals surface area contributed by atoms with Crippen molar-refractivity contribution in [2.75, 3.05) is 11.9 Å². The molecule has 0 radical (unpaired) electrons. The fourth-order valence-corrected chi connectivity index (χ4v) is 2.15. The summed E-state index contributed by atoms with van der Waals surface area (Å²) in [6.45, 7) is 0. The Bertz CT molecular complexity index is 665. The van der Waals surface area contributed by atoms with E-state index in [9.17, 15) is 13.6 Å². The molecule has 0 aliphatic rings. The number of carbonyl (C=O) groups is 1. The van der Waals surface area contributed by atoms with E-state index in [2.05, 4.69) is 4.98 Å². The molecule has 0 aliphatic carbocycles. The summed E-state index contributed by atoms with van der Waals surface area (Å²) in [6.07, 6.45) is 2.30. The first kappa shape index (κ1) is 15.7. The number of nitrogens with zero attached hydrogens (tertiary/aromatic N) is 2. The SMILES string of the molecule is CN(C(=O)C(F)(F)c1cccnc1)c1cc(Cl)ccc1Cl. The van der Waals surface area contributed by atoms with Crippen molar-refractivity contribution in [2.24, 2.45) is 0 Å². The fraction of sp³-hybridized carbons (Fsp3) is 0.143. The number of amides is 1. The van der Waals surface area contributed by atoms with Crippen molar-refractivity contribution in [3.63, 3.8) is 0 Å². The molecular formula is C14H10Cl2F2N2O. The molecule has 0 bridgehead atoms. The number of halogens is 4. The molecule has 0 aliphatic heterocycles. The molecule has 0 N–H and O–H groups in total. The zero-order valence-electron chi connectivity index (χ0n) is 10.9. The molecule has 0 saturated heterocycles. The largest absolute Gasteiger partial charge is 0.351 e. The lowest BCUT2D eigenvalue weighted by Gasteiger charge is -2.24. The van der Waals surface area contributed by atoms with Gasteiger partial charge in [-0.3, -0.25) is 9.78 Å². The lowest BCUT2D eigenvalue weighted by atomic mass is 10.1. The highest BCUT2D eigenvalue weighted by Gasteiger charge is 2.43. The maximum Gasteiger partial charge on any atom is 0.351 e. The second kappa shape index (κ2) is 5.95. The van der Waals surface area contributed by atoms with E-state index in [1.807, 2.05) is 0 Å². The van der Waals surface area contributed by atoms with Crippen LogP contribution >= 0.6 is 23.2 Å². The highest BCUT2D eigenvalue weighted by molar-refractivity contribution is 6.35. The molecule has 2 aromatic rings. The summed E-state index contributed by atoms with van der Waals surface area (Å²) in [7, 11) is 1.21. The molecule has 2 rings (SSSR count). The number of hydrogen-bond acceptors (Lipinski definition) is 2. The first-order chi connectivity index (χ1) is 9.84. The minimum atomic E-state index is -3.71. The zero-order valence-corrected chi connectivity index (χ0v) is 12.4. The molecule has 0 saturated carbocycles. The predicted molar refractivity (Wildman–Crippen MR) is 78.0 cm³/mol. The number of likely N-dealkylation sites (N-methyl/N-ethyl adjacent to an activating group) is 1. The third-order valence-electron chi connectivity index (χ3n) is 2.87. The Kier molecular flexibility index (Phi) is 4.44. The zero-order chi connectivity index (χ0) is 15.6. The first-order valence-electron chi connectivity index (χ1n) is 5.85. The molecule has 0 atom stereocenters. The predicted octanol–water partition coefficient (Wildman–Crippen LogP) is 4.14. The van der Waals surface area contributed by atoms with Gasteiger partial charge in [-0.1, -0.05) is 23.2 Å². The molecule has 0 unspecified atom stereocenters. The minimum absolute atomic E-state index is 0.109. The summed E-state index contributed by atoms with van der Waals surface area (Å²) < 4.78 is 28.4. The number of carbonyl (C=O) groups excluding carboxylic acids is 1. The normalized spacial score (nSPS) is 11.3. The molecular weight excluding hydrogens is 321 g/mol.